The predicted octanol–water partition coefficient (Wildman–Crippen LogP) is 2.47. The number of carbonyl (C=O) groups is 3. The number of hydrogen-bond donors (Lipinski definition) is 1. The number of ether oxygens (including phenoxy) is 2. The van der Waals surface area contributed by atoms with Crippen molar-refractivity contribution in [3.8, 4) is 0 Å². The first-order valence-corrected chi connectivity index (χ1v) is 12.0. The van der Waals surface area contributed by atoms with Gasteiger partial charge in [0.2, 0.25) is 0 Å². The zero-order chi connectivity index (χ0) is 19.6. The van der Waals surface area contributed by atoms with E-state index >= 15 is 0 Å². The van der Waals surface area contributed by atoms with Gasteiger partial charge in [-0.15, -0.1) is 0 Å². The molecule has 0 aliphatic carbocycles. The number of amides is 2. The lowest BCUT2D eigenvalue weighted by molar-refractivity contribution is -0.160. The SMILES string of the molecule is CN(C(=O)OCC[Si](C)(C)C)C1(C(=O)O)CN(C(=O)OC(C)(C)C)C1. The molecule has 1 saturated heterocycles. The lowest BCUT2D eigenvalue weighted by Crippen LogP contribution is -2.75. The van der Waals surface area contributed by atoms with Crippen molar-refractivity contribution in [1.29, 1.82) is 0 Å². The number of carboxylic acid groups (broad SMARTS) is 1. The molecule has 0 aromatic heterocycles. The van der Waals surface area contributed by atoms with Crippen LogP contribution in [-0.2, 0) is 14.3 Å². The number of aliphatic carboxylic acids is 1. The van der Waals surface area contributed by atoms with Gasteiger partial charge in [0.05, 0.1) is 19.7 Å². The average molecular weight is 375 g/mol. The second kappa shape index (κ2) is 7.23. The van der Waals surface area contributed by atoms with Crippen LogP contribution in [0, 0.1) is 0 Å². The van der Waals surface area contributed by atoms with Crippen molar-refractivity contribution in [1.82, 2.24) is 9.80 Å². The summed E-state index contributed by atoms with van der Waals surface area (Å²) >= 11 is 0. The van der Waals surface area contributed by atoms with Gasteiger partial charge in [-0.05, 0) is 26.8 Å². The van der Waals surface area contributed by atoms with E-state index in [0.717, 1.165) is 10.9 Å². The van der Waals surface area contributed by atoms with Crippen molar-refractivity contribution in [2.45, 2.75) is 57.6 Å². The van der Waals surface area contributed by atoms with E-state index in [0.29, 0.717) is 0 Å². The maximum absolute atomic E-state index is 12.2. The fourth-order valence-corrected chi connectivity index (χ4v) is 2.96. The minimum absolute atomic E-state index is 0.128. The van der Waals surface area contributed by atoms with Gasteiger partial charge in [-0.2, -0.15) is 0 Å². The molecule has 1 aliphatic rings. The highest BCUT2D eigenvalue weighted by molar-refractivity contribution is 6.76. The summed E-state index contributed by atoms with van der Waals surface area (Å²) in [6.07, 6.45) is -1.28. The van der Waals surface area contributed by atoms with Gasteiger partial charge in [0.25, 0.3) is 0 Å². The molecule has 1 rings (SSSR count). The predicted molar refractivity (Wildman–Crippen MR) is 95.4 cm³/mol. The zero-order valence-electron chi connectivity index (χ0n) is 16.2. The number of likely N-dealkylation sites (N-methyl/N-ethyl adjacent to an activating group) is 1. The number of carbonyl (C=O) groups excluding carboxylic acids is 2. The van der Waals surface area contributed by atoms with Crippen LogP contribution in [0.15, 0.2) is 0 Å². The fraction of sp³-hybridized carbons (Fsp3) is 0.812. The Bertz CT molecular complexity index is 532. The molecule has 1 fully saturated rings. The van der Waals surface area contributed by atoms with E-state index in [2.05, 4.69) is 19.6 Å². The van der Waals surface area contributed by atoms with Gasteiger partial charge in [-0.25, -0.2) is 14.4 Å². The molecule has 0 saturated carbocycles. The number of hydrogen-bond acceptors (Lipinski definition) is 5. The molecule has 0 aromatic carbocycles. The molecule has 0 radical (unpaired) electrons. The van der Waals surface area contributed by atoms with E-state index < -0.39 is 37.4 Å². The van der Waals surface area contributed by atoms with Crippen LogP contribution in [-0.4, -0.2) is 79.0 Å². The summed E-state index contributed by atoms with van der Waals surface area (Å²) in [5, 5.41) is 9.57. The van der Waals surface area contributed by atoms with Crippen LogP contribution in [0.2, 0.25) is 25.7 Å². The summed E-state index contributed by atoms with van der Waals surface area (Å²) in [7, 11) is 0.0352. The minimum Gasteiger partial charge on any atom is -0.479 e. The number of rotatable bonds is 5. The maximum Gasteiger partial charge on any atom is 0.410 e. The number of carboxylic acids is 1. The van der Waals surface area contributed by atoms with E-state index in [4.69, 9.17) is 9.47 Å². The van der Waals surface area contributed by atoms with Gasteiger partial charge in [-0.1, -0.05) is 19.6 Å². The van der Waals surface area contributed by atoms with Gasteiger partial charge in [0, 0.05) is 15.1 Å². The second-order valence-electron chi connectivity index (χ2n) is 8.66. The lowest BCUT2D eigenvalue weighted by atomic mass is 9.89. The van der Waals surface area contributed by atoms with Crippen LogP contribution in [0.5, 0.6) is 0 Å². The minimum atomic E-state index is -1.48. The van der Waals surface area contributed by atoms with E-state index in [-0.39, 0.29) is 19.7 Å². The third-order valence-electron chi connectivity index (χ3n) is 3.95. The van der Waals surface area contributed by atoms with E-state index in [1.807, 2.05) is 0 Å². The van der Waals surface area contributed by atoms with Crippen molar-refractivity contribution in [3.63, 3.8) is 0 Å². The molecule has 25 heavy (non-hydrogen) atoms. The Labute approximate surface area is 150 Å². The molecular weight excluding hydrogens is 344 g/mol. The topological polar surface area (TPSA) is 96.4 Å². The summed E-state index contributed by atoms with van der Waals surface area (Å²) < 4.78 is 10.4. The molecule has 1 aliphatic heterocycles. The smallest absolute Gasteiger partial charge is 0.410 e. The zero-order valence-corrected chi connectivity index (χ0v) is 17.2. The van der Waals surface area contributed by atoms with Crippen LogP contribution in [0.4, 0.5) is 9.59 Å². The molecule has 9 heteroatoms. The van der Waals surface area contributed by atoms with Crippen molar-refractivity contribution in [2.75, 3.05) is 26.7 Å². The molecular formula is C16H30N2O6Si. The van der Waals surface area contributed by atoms with Crippen LogP contribution in [0.1, 0.15) is 20.8 Å². The Balaban J connectivity index is 2.67. The van der Waals surface area contributed by atoms with E-state index in [1.54, 1.807) is 20.8 Å². The van der Waals surface area contributed by atoms with Crippen LogP contribution in [0.3, 0.4) is 0 Å². The maximum atomic E-state index is 12.2. The van der Waals surface area contributed by atoms with Crippen molar-refractivity contribution < 1.29 is 29.0 Å². The molecule has 0 unspecified atom stereocenters. The van der Waals surface area contributed by atoms with Crippen molar-refractivity contribution in [2.24, 2.45) is 0 Å². The van der Waals surface area contributed by atoms with Gasteiger partial charge >= 0.3 is 18.2 Å². The Morgan fingerprint density at radius 1 is 1.20 bits per heavy atom. The molecule has 2 amide bonds. The fourth-order valence-electron chi connectivity index (χ4n) is 2.25. The van der Waals surface area contributed by atoms with Crippen LogP contribution in [0.25, 0.3) is 0 Å². The first-order chi connectivity index (χ1) is 11.2. The van der Waals surface area contributed by atoms with E-state index in [1.165, 1.54) is 11.9 Å². The van der Waals surface area contributed by atoms with Gasteiger partial charge in [0.15, 0.2) is 5.54 Å². The van der Waals surface area contributed by atoms with Gasteiger partial charge in [0.1, 0.15) is 5.60 Å². The highest BCUT2D eigenvalue weighted by atomic mass is 28.3. The van der Waals surface area contributed by atoms with Crippen molar-refractivity contribution >= 4 is 26.2 Å². The largest absolute Gasteiger partial charge is 0.479 e. The third-order valence-corrected chi connectivity index (χ3v) is 5.65. The van der Waals surface area contributed by atoms with Gasteiger partial charge in [-0.3, -0.25) is 4.90 Å². The van der Waals surface area contributed by atoms with Gasteiger partial charge < -0.3 is 19.5 Å². The van der Waals surface area contributed by atoms with Crippen LogP contribution >= 0.6 is 0 Å². The summed E-state index contributed by atoms with van der Waals surface area (Å²) in [5.41, 5.74) is -2.15. The normalized spacial score (nSPS) is 16.7. The molecule has 0 bridgehead atoms. The van der Waals surface area contributed by atoms with Crippen molar-refractivity contribution in [3.05, 3.63) is 0 Å². The van der Waals surface area contributed by atoms with Crippen LogP contribution < -0.4 is 0 Å². The Kier molecular flexibility index (Phi) is 6.15. The highest BCUT2D eigenvalue weighted by Gasteiger charge is 2.57. The summed E-state index contributed by atoms with van der Waals surface area (Å²) in [4.78, 5) is 38.3. The second-order valence-corrected chi connectivity index (χ2v) is 14.3. The summed E-state index contributed by atoms with van der Waals surface area (Å²) in [6.45, 7) is 11.7. The Morgan fingerprint density at radius 2 is 1.72 bits per heavy atom. The monoisotopic (exact) mass is 374 g/mol. The first-order valence-electron chi connectivity index (χ1n) is 8.30. The molecule has 8 nitrogen and oxygen atoms in total. The molecule has 0 spiro atoms. The summed E-state index contributed by atoms with van der Waals surface area (Å²) in [5.74, 6) is -1.17. The number of likely N-dealkylation sites (tertiary alicyclic amines) is 1. The Morgan fingerprint density at radius 3 is 2.12 bits per heavy atom. The molecule has 144 valence electrons. The highest BCUT2D eigenvalue weighted by Crippen LogP contribution is 2.29. The molecule has 0 aromatic rings. The summed E-state index contributed by atoms with van der Waals surface area (Å²) in [6, 6.07) is 0.802. The number of nitrogens with zero attached hydrogens (tertiary/aromatic N) is 2. The first kappa shape index (κ1) is 21.3. The third kappa shape index (κ3) is 5.62. The molecule has 1 heterocycles. The quantitative estimate of drug-likeness (QED) is 0.743. The van der Waals surface area contributed by atoms with E-state index in [9.17, 15) is 19.5 Å². The molecule has 0 atom stereocenters. The Hall–Kier alpha value is -1.77. The average Bonchev–Trinajstić information content (AvgIpc) is 2.32. The molecule has 1 N–H and O–H groups in total. The standard InChI is InChI=1S/C16H30N2O6Si/c1-15(2,3)24-14(22)18-10-16(11-18,12(19)20)17(4)13(21)23-8-9-25(5,6)7/h8-11H2,1-7H3,(H,19,20). The lowest BCUT2D eigenvalue weighted by Gasteiger charge is -2.50.